The Balaban J connectivity index is 3.28. The third kappa shape index (κ3) is 5.42. The monoisotopic (exact) mass is 115 g/mol. The van der Waals surface area contributed by atoms with Crippen molar-refractivity contribution in [3.63, 3.8) is 0 Å². The molecule has 8 heavy (non-hydrogen) atoms. The van der Waals surface area contributed by atoms with Crippen molar-refractivity contribution in [3.05, 3.63) is 0 Å². The second-order valence-corrected chi connectivity index (χ2v) is 2.38. The molecule has 0 unspecified atom stereocenters. The van der Waals surface area contributed by atoms with Gasteiger partial charge in [-0.3, -0.25) is 0 Å². The molecule has 0 atom stereocenters. The van der Waals surface area contributed by atoms with Gasteiger partial charge in [-0.1, -0.05) is 0 Å². The van der Waals surface area contributed by atoms with Gasteiger partial charge in [0.05, 0.1) is 6.07 Å². The fourth-order valence-corrected chi connectivity index (χ4v) is 0.353. The van der Waals surface area contributed by atoms with Crippen molar-refractivity contribution >= 4 is 0 Å². The second-order valence-electron chi connectivity index (χ2n) is 2.38. The molecular weight excluding hydrogens is 105 g/mol. The van der Waals surface area contributed by atoms with E-state index in [1.807, 2.05) is 6.07 Å². The van der Waals surface area contributed by atoms with E-state index >= 15 is 0 Å². The minimum Gasteiger partial charge on any atom is -0.244 e. The Morgan fingerprint density at radius 2 is 2.12 bits per heavy atom. The molecule has 46 valence electrons. The van der Waals surface area contributed by atoms with Crippen molar-refractivity contribution in [1.29, 1.82) is 5.26 Å². The summed E-state index contributed by atoms with van der Waals surface area (Å²) in [7, 11) is 0. The minimum absolute atomic E-state index is 0.309. The lowest BCUT2D eigenvalue weighted by molar-refractivity contribution is 0.204. The van der Waals surface area contributed by atoms with E-state index in [1.165, 1.54) is 13.8 Å². The SMILES string of the molecule is CC(C)(F)CCC#N. The van der Waals surface area contributed by atoms with Crippen molar-refractivity contribution in [2.45, 2.75) is 32.4 Å². The summed E-state index contributed by atoms with van der Waals surface area (Å²) in [6.07, 6.45) is 0.646. The van der Waals surface area contributed by atoms with Crippen LogP contribution in [0, 0.1) is 11.3 Å². The van der Waals surface area contributed by atoms with E-state index in [1.54, 1.807) is 0 Å². The Bertz CT molecular complexity index is 96.1. The molecular formula is C6H10FN. The highest BCUT2D eigenvalue weighted by Crippen LogP contribution is 2.14. The van der Waals surface area contributed by atoms with Crippen LogP contribution in [0.5, 0.6) is 0 Å². The molecule has 0 bridgehead atoms. The van der Waals surface area contributed by atoms with E-state index in [4.69, 9.17) is 5.26 Å². The molecule has 0 spiro atoms. The molecule has 0 saturated heterocycles. The first kappa shape index (κ1) is 7.42. The number of rotatable bonds is 2. The summed E-state index contributed by atoms with van der Waals surface area (Å²) in [5, 5.41) is 8.01. The maximum Gasteiger partial charge on any atom is 0.106 e. The van der Waals surface area contributed by atoms with Gasteiger partial charge >= 0.3 is 0 Å². The molecule has 0 aliphatic heterocycles. The Kier molecular flexibility index (Phi) is 2.47. The molecule has 0 fully saturated rings. The average molecular weight is 115 g/mol. The van der Waals surface area contributed by atoms with Crippen LogP contribution in [0.2, 0.25) is 0 Å². The van der Waals surface area contributed by atoms with Gasteiger partial charge in [-0.25, -0.2) is 4.39 Å². The zero-order valence-electron chi connectivity index (χ0n) is 5.24. The largest absolute Gasteiger partial charge is 0.244 e. The van der Waals surface area contributed by atoms with Crippen molar-refractivity contribution in [2.24, 2.45) is 0 Å². The summed E-state index contributed by atoms with van der Waals surface area (Å²) in [5.74, 6) is 0. The summed E-state index contributed by atoms with van der Waals surface area (Å²) >= 11 is 0. The fourth-order valence-electron chi connectivity index (χ4n) is 0.353. The number of nitrogens with zero attached hydrogens (tertiary/aromatic N) is 1. The first-order valence-corrected chi connectivity index (χ1v) is 2.62. The van der Waals surface area contributed by atoms with Crippen LogP contribution in [-0.4, -0.2) is 5.67 Å². The van der Waals surface area contributed by atoms with Gasteiger partial charge in [-0.2, -0.15) is 5.26 Å². The second kappa shape index (κ2) is 2.66. The molecule has 0 aromatic rings. The van der Waals surface area contributed by atoms with Gasteiger partial charge in [0, 0.05) is 6.42 Å². The molecule has 0 aromatic heterocycles. The lowest BCUT2D eigenvalue weighted by Crippen LogP contribution is -2.10. The van der Waals surface area contributed by atoms with Crippen LogP contribution in [0.3, 0.4) is 0 Å². The highest BCUT2D eigenvalue weighted by molar-refractivity contribution is 4.76. The zero-order valence-corrected chi connectivity index (χ0v) is 5.24. The van der Waals surface area contributed by atoms with E-state index in [0.717, 1.165) is 0 Å². The molecule has 0 heterocycles. The minimum atomic E-state index is -1.17. The number of hydrogen-bond acceptors (Lipinski definition) is 1. The Hall–Kier alpha value is -0.580. The average Bonchev–Trinajstić information content (AvgIpc) is 1.59. The molecule has 0 rings (SSSR count). The molecule has 0 amide bonds. The summed E-state index contributed by atoms with van der Waals surface area (Å²) < 4.78 is 12.4. The zero-order chi connectivity index (χ0) is 6.62. The summed E-state index contributed by atoms with van der Waals surface area (Å²) in [4.78, 5) is 0. The van der Waals surface area contributed by atoms with Crippen LogP contribution in [0.4, 0.5) is 4.39 Å². The summed E-state index contributed by atoms with van der Waals surface area (Å²) in [6, 6.07) is 1.88. The molecule has 0 saturated carbocycles. The molecule has 0 N–H and O–H groups in total. The normalized spacial score (nSPS) is 10.8. The number of nitriles is 1. The smallest absolute Gasteiger partial charge is 0.106 e. The van der Waals surface area contributed by atoms with Gasteiger partial charge in [0.1, 0.15) is 5.67 Å². The molecule has 1 nitrogen and oxygen atoms in total. The fraction of sp³-hybridized carbons (Fsp3) is 0.833. The van der Waals surface area contributed by atoms with Crippen LogP contribution in [0.25, 0.3) is 0 Å². The standard InChI is InChI=1S/C6H10FN/c1-6(2,7)4-3-5-8/h3-4H2,1-2H3. The van der Waals surface area contributed by atoms with Gasteiger partial charge in [0.2, 0.25) is 0 Å². The van der Waals surface area contributed by atoms with E-state index in [9.17, 15) is 4.39 Å². The third-order valence-corrected chi connectivity index (χ3v) is 0.831. The van der Waals surface area contributed by atoms with Gasteiger partial charge in [-0.05, 0) is 20.3 Å². The van der Waals surface area contributed by atoms with Crippen molar-refractivity contribution < 1.29 is 4.39 Å². The third-order valence-electron chi connectivity index (χ3n) is 0.831. The molecule has 0 aromatic carbocycles. The van der Waals surface area contributed by atoms with Crippen LogP contribution in [0.1, 0.15) is 26.7 Å². The van der Waals surface area contributed by atoms with Gasteiger partial charge in [0.15, 0.2) is 0 Å². The number of hydrogen-bond donors (Lipinski definition) is 0. The molecule has 0 aliphatic rings. The van der Waals surface area contributed by atoms with Gasteiger partial charge in [-0.15, -0.1) is 0 Å². The predicted molar refractivity (Wildman–Crippen MR) is 30.0 cm³/mol. The maximum atomic E-state index is 12.4. The first-order chi connectivity index (χ1) is 3.56. The lowest BCUT2D eigenvalue weighted by Gasteiger charge is -2.09. The summed E-state index contributed by atoms with van der Waals surface area (Å²) in [6.45, 7) is 2.95. The number of alkyl halides is 1. The first-order valence-electron chi connectivity index (χ1n) is 2.62. The van der Waals surface area contributed by atoms with Crippen molar-refractivity contribution in [1.82, 2.24) is 0 Å². The van der Waals surface area contributed by atoms with Gasteiger partial charge in [0.25, 0.3) is 0 Å². The Morgan fingerprint density at radius 3 is 2.25 bits per heavy atom. The van der Waals surface area contributed by atoms with E-state index in [2.05, 4.69) is 0 Å². The predicted octanol–water partition coefficient (Wildman–Crippen LogP) is 2.04. The van der Waals surface area contributed by atoms with E-state index in [-0.39, 0.29) is 0 Å². The lowest BCUT2D eigenvalue weighted by atomic mass is 10.1. The van der Waals surface area contributed by atoms with Crippen LogP contribution >= 0.6 is 0 Å². The molecule has 0 radical (unpaired) electrons. The number of halogens is 1. The topological polar surface area (TPSA) is 23.8 Å². The molecule has 0 aliphatic carbocycles. The maximum absolute atomic E-state index is 12.4. The van der Waals surface area contributed by atoms with Crippen LogP contribution in [0.15, 0.2) is 0 Å². The highest BCUT2D eigenvalue weighted by Gasteiger charge is 2.13. The van der Waals surface area contributed by atoms with E-state index < -0.39 is 5.67 Å². The van der Waals surface area contributed by atoms with Gasteiger partial charge < -0.3 is 0 Å². The summed E-state index contributed by atoms with van der Waals surface area (Å²) in [5.41, 5.74) is -1.17. The highest BCUT2D eigenvalue weighted by atomic mass is 19.1. The van der Waals surface area contributed by atoms with Crippen molar-refractivity contribution in [2.75, 3.05) is 0 Å². The Morgan fingerprint density at radius 1 is 1.62 bits per heavy atom. The van der Waals surface area contributed by atoms with Crippen LogP contribution in [-0.2, 0) is 0 Å². The Labute approximate surface area is 49.1 Å². The van der Waals surface area contributed by atoms with Crippen LogP contribution < -0.4 is 0 Å². The molecule has 2 heteroatoms. The van der Waals surface area contributed by atoms with Crippen molar-refractivity contribution in [3.8, 4) is 6.07 Å². The van der Waals surface area contributed by atoms with E-state index in [0.29, 0.717) is 12.8 Å². The quantitative estimate of drug-likeness (QED) is 0.540.